The zero-order valence-corrected chi connectivity index (χ0v) is 23.4. The van der Waals surface area contributed by atoms with Gasteiger partial charge in [-0.1, -0.05) is 92.1 Å². The van der Waals surface area contributed by atoms with Crippen molar-refractivity contribution in [3.63, 3.8) is 0 Å². The van der Waals surface area contributed by atoms with Crippen LogP contribution in [0.4, 0.5) is 0 Å². The molecule has 3 aliphatic rings. The first kappa shape index (κ1) is 28.3. The van der Waals surface area contributed by atoms with Crippen LogP contribution >= 0.6 is 0 Å². The lowest BCUT2D eigenvalue weighted by Gasteiger charge is -2.59. The summed E-state index contributed by atoms with van der Waals surface area (Å²) >= 11 is 0. The third-order valence-electron chi connectivity index (χ3n) is 10.6. The monoisotopic (exact) mass is 560 g/mol. The van der Waals surface area contributed by atoms with E-state index in [1.54, 1.807) is 72.8 Å². The van der Waals surface area contributed by atoms with Gasteiger partial charge in [-0.2, -0.15) is 0 Å². The van der Waals surface area contributed by atoms with Crippen LogP contribution in [0.5, 0.6) is 5.75 Å². The Bertz CT molecular complexity index is 1390. The third kappa shape index (κ3) is 3.54. The maximum absolute atomic E-state index is 12.9. The van der Waals surface area contributed by atoms with E-state index in [1.807, 2.05) is 12.1 Å². The summed E-state index contributed by atoms with van der Waals surface area (Å²) in [6.45, 7) is 0. The number of ether oxygens (including phenoxy) is 1. The molecule has 0 radical (unpaired) electrons. The Morgan fingerprint density at radius 1 is 0.634 bits per heavy atom. The van der Waals surface area contributed by atoms with Gasteiger partial charge in [0.15, 0.2) is 0 Å². The molecular weight excluding hydrogens is 520 g/mol. The van der Waals surface area contributed by atoms with E-state index in [2.05, 4.69) is 0 Å². The molecule has 0 saturated heterocycles. The van der Waals surface area contributed by atoms with E-state index in [9.17, 15) is 30.6 Å². The van der Waals surface area contributed by atoms with Gasteiger partial charge in [0.2, 0.25) is 0 Å². The Morgan fingerprint density at radius 2 is 1.17 bits per heavy atom. The molecule has 0 amide bonds. The second-order valence-electron chi connectivity index (χ2n) is 12.5. The molecule has 7 nitrogen and oxygen atoms in total. The van der Waals surface area contributed by atoms with Gasteiger partial charge < -0.3 is 35.4 Å². The minimum atomic E-state index is -2.47. The molecule has 6 N–H and O–H groups in total. The first-order chi connectivity index (χ1) is 19.5. The van der Waals surface area contributed by atoms with Gasteiger partial charge in [-0.25, -0.2) is 0 Å². The molecule has 6 atom stereocenters. The predicted molar refractivity (Wildman–Crippen MR) is 153 cm³/mol. The van der Waals surface area contributed by atoms with E-state index in [0.717, 1.165) is 6.42 Å². The van der Waals surface area contributed by atoms with Crippen molar-refractivity contribution in [1.82, 2.24) is 0 Å². The fourth-order valence-corrected chi connectivity index (χ4v) is 8.73. The number of benzene rings is 3. The minimum Gasteiger partial charge on any atom is -0.497 e. The maximum atomic E-state index is 12.9. The van der Waals surface area contributed by atoms with Crippen LogP contribution in [0, 0.1) is 5.41 Å². The summed E-state index contributed by atoms with van der Waals surface area (Å²) in [7, 11) is 1.52. The van der Waals surface area contributed by atoms with Crippen molar-refractivity contribution < 1.29 is 35.4 Å². The number of aliphatic hydroxyl groups excluding tert-OH is 1. The predicted octanol–water partition coefficient (Wildman–Crippen LogP) is 2.72. The summed E-state index contributed by atoms with van der Waals surface area (Å²) in [4.78, 5) is 0. The van der Waals surface area contributed by atoms with Crippen LogP contribution in [-0.4, -0.2) is 71.9 Å². The SMILES string of the molecule is COc1cccc(C[C@@]2(O)[C@@H](O)[C@@](O)(Cc3ccccc3)[C@]3(O)C4(CCCCC4)[C@]3(O)[C@]2(O)Cc2ccccc2)c1. The van der Waals surface area contributed by atoms with Crippen molar-refractivity contribution in [1.29, 1.82) is 0 Å². The second kappa shape index (κ2) is 9.63. The Hall–Kier alpha value is -2.78. The topological polar surface area (TPSA) is 131 Å². The quantitative estimate of drug-likeness (QED) is 0.262. The molecular formula is C34H40O7. The number of rotatable bonds is 7. The van der Waals surface area contributed by atoms with Crippen molar-refractivity contribution in [3.05, 3.63) is 102 Å². The van der Waals surface area contributed by atoms with Gasteiger partial charge in [0.25, 0.3) is 0 Å². The number of hydrogen-bond acceptors (Lipinski definition) is 7. The zero-order valence-electron chi connectivity index (χ0n) is 23.4. The number of methoxy groups -OCH3 is 1. The lowest BCUT2D eigenvalue weighted by Crippen LogP contribution is -2.83. The molecule has 7 heteroatoms. The van der Waals surface area contributed by atoms with Crippen LogP contribution in [0.1, 0.15) is 48.8 Å². The van der Waals surface area contributed by atoms with Crippen LogP contribution in [0.2, 0.25) is 0 Å². The second-order valence-corrected chi connectivity index (χ2v) is 12.5. The molecule has 0 aliphatic heterocycles. The molecule has 3 aromatic rings. The standard InChI is InChI=1S/C34H40O7/c1-41-27-17-11-16-26(20-27)22-30(36)28(35)31(37,21-24-12-5-2-6-13-24)33(39)29(18-9-4-10-19-29)34(33,40)32(30,38)23-25-14-7-3-8-15-25/h2-3,5-8,11-17,20,28,35-40H,4,9-10,18-19,21-23H2,1H3/t28-,30-,31+,32+,33-,34+/m1/s1. The van der Waals surface area contributed by atoms with Crippen LogP contribution < -0.4 is 4.74 Å². The zero-order chi connectivity index (χ0) is 29.2. The fraction of sp³-hybridized carbons (Fsp3) is 0.471. The molecule has 218 valence electrons. The molecule has 3 fully saturated rings. The summed E-state index contributed by atoms with van der Waals surface area (Å²) < 4.78 is 5.38. The van der Waals surface area contributed by atoms with E-state index in [4.69, 9.17) is 4.74 Å². The van der Waals surface area contributed by atoms with Gasteiger partial charge >= 0.3 is 0 Å². The van der Waals surface area contributed by atoms with Crippen LogP contribution in [0.3, 0.4) is 0 Å². The maximum Gasteiger partial charge on any atom is 0.137 e. The molecule has 41 heavy (non-hydrogen) atoms. The molecule has 0 bridgehead atoms. The van der Waals surface area contributed by atoms with Crippen molar-refractivity contribution in [3.8, 4) is 5.75 Å². The Labute approximate surface area is 240 Å². The van der Waals surface area contributed by atoms with E-state index in [0.29, 0.717) is 48.1 Å². The van der Waals surface area contributed by atoms with E-state index >= 15 is 0 Å². The summed E-state index contributed by atoms with van der Waals surface area (Å²) in [5.41, 5.74) is -11.4. The minimum absolute atomic E-state index is 0.225. The Kier molecular flexibility index (Phi) is 6.66. The smallest absolute Gasteiger partial charge is 0.137 e. The average Bonchev–Trinajstić information content (AvgIpc) is 3.42. The Morgan fingerprint density at radius 3 is 1.76 bits per heavy atom. The van der Waals surface area contributed by atoms with Crippen molar-refractivity contribution in [2.24, 2.45) is 5.41 Å². The van der Waals surface area contributed by atoms with Gasteiger partial charge in [-0.05, 0) is 41.7 Å². The molecule has 0 unspecified atom stereocenters. The van der Waals surface area contributed by atoms with Gasteiger partial charge in [0.1, 0.15) is 39.9 Å². The summed E-state index contributed by atoms with van der Waals surface area (Å²) in [5, 5.41) is 76.0. The van der Waals surface area contributed by atoms with Crippen LogP contribution in [0.15, 0.2) is 84.9 Å². The highest BCUT2D eigenvalue weighted by Crippen LogP contribution is 2.82. The normalized spacial score (nSPS) is 37.4. The fourth-order valence-electron chi connectivity index (χ4n) is 8.73. The molecule has 3 aliphatic carbocycles. The molecule has 6 rings (SSSR count). The third-order valence-corrected chi connectivity index (χ3v) is 10.6. The lowest BCUT2D eigenvalue weighted by molar-refractivity contribution is -0.341. The van der Waals surface area contributed by atoms with Gasteiger partial charge in [-0.3, -0.25) is 0 Å². The lowest BCUT2D eigenvalue weighted by atomic mass is 9.56. The van der Waals surface area contributed by atoms with E-state index < -0.39 is 39.5 Å². The first-order valence-electron chi connectivity index (χ1n) is 14.5. The highest BCUT2D eigenvalue weighted by Gasteiger charge is 3.02. The van der Waals surface area contributed by atoms with Gasteiger partial charge in [0.05, 0.1) is 7.11 Å². The number of fused-ring (bicyclic) bond motifs is 3. The summed E-state index contributed by atoms with van der Waals surface area (Å²) in [6, 6.07) is 24.8. The van der Waals surface area contributed by atoms with Crippen LogP contribution in [-0.2, 0) is 19.3 Å². The highest BCUT2D eigenvalue weighted by molar-refractivity contribution is 5.54. The highest BCUT2D eigenvalue weighted by atomic mass is 16.5. The van der Waals surface area contributed by atoms with Gasteiger partial charge in [-0.15, -0.1) is 0 Å². The molecule has 3 saturated carbocycles. The summed E-state index contributed by atoms with van der Waals surface area (Å²) in [6.07, 6.45) is 0.132. The van der Waals surface area contributed by atoms with Crippen molar-refractivity contribution in [2.45, 2.75) is 85.5 Å². The average molecular weight is 561 g/mol. The summed E-state index contributed by atoms with van der Waals surface area (Å²) in [5.74, 6) is 0.521. The van der Waals surface area contributed by atoms with E-state index in [-0.39, 0.29) is 19.3 Å². The Balaban J connectivity index is 1.59. The number of aliphatic hydroxyl groups is 6. The van der Waals surface area contributed by atoms with Crippen molar-refractivity contribution in [2.75, 3.05) is 7.11 Å². The molecule has 0 aromatic heterocycles. The molecule has 1 spiro atoms. The molecule has 0 heterocycles. The largest absolute Gasteiger partial charge is 0.497 e. The molecule has 3 aromatic carbocycles. The van der Waals surface area contributed by atoms with Crippen molar-refractivity contribution >= 4 is 0 Å². The van der Waals surface area contributed by atoms with Gasteiger partial charge in [0, 0.05) is 24.7 Å². The number of hydrogen-bond donors (Lipinski definition) is 6. The van der Waals surface area contributed by atoms with E-state index in [1.165, 1.54) is 7.11 Å². The van der Waals surface area contributed by atoms with Crippen LogP contribution in [0.25, 0.3) is 0 Å². The first-order valence-corrected chi connectivity index (χ1v) is 14.5.